The molecule has 1 rings (SSSR count). The quantitative estimate of drug-likeness (QED) is 0.467. The highest BCUT2D eigenvalue weighted by Gasteiger charge is 2.66. The van der Waals surface area contributed by atoms with Gasteiger partial charge in [-0.3, -0.25) is 4.55 Å². The molecular formula is C10H6BrF5O5S. The van der Waals surface area contributed by atoms with Gasteiger partial charge in [0.25, 0.3) is 6.10 Å². The molecule has 22 heavy (non-hydrogen) atoms. The molecule has 0 heterocycles. The standard InChI is InChI=1S/C10H6BrF5O5S/c11-6-3-1-2-5(4-6)7(17)21-8(9(12,13)14)10(15,16)22(18,19)20/h1-4,8H,(H,18,19,20). The zero-order valence-corrected chi connectivity index (χ0v) is 12.5. The smallest absolute Gasteiger partial charge is 0.432 e. The van der Waals surface area contributed by atoms with E-state index in [4.69, 9.17) is 4.55 Å². The zero-order valence-electron chi connectivity index (χ0n) is 10.1. The van der Waals surface area contributed by atoms with E-state index in [1.807, 2.05) is 0 Å². The lowest BCUT2D eigenvalue weighted by atomic mass is 10.2. The first-order valence-corrected chi connectivity index (χ1v) is 7.38. The molecule has 1 N–H and O–H groups in total. The predicted octanol–water partition coefficient (Wildman–Crippen LogP) is 3.02. The van der Waals surface area contributed by atoms with Gasteiger partial charge in [0.2, 0.25) is 0 Å². The first kappa shape index (κ1) is 18.8. The van der Waals surface area contributed by atoms with Crippen LogP contribution in [0, 0.1) is 0 Å². The number of benzene rings is 1. The molecule has 0 aliphatic heterocycles. The fourth-order valence-corrected chi connectivity index (χ4v) is 2.10. The van der Waals surface area contributed by atoms with Crippen LogP contribution in [0.25, 0.3) is 0 Å². The molecule has 0 saturated heterocycles. The molecule has 1 unspecified atom stereocenters. The number of ether oxygens (including phenoxy) is 1. The number of esters is 1. The Hall–Kier alpha value is -1.27. The molecule has 0 aliphatic rings. The van der Waals surface area contributed by atoms with E-state index in [2.05, 4.69) is 20.7 Å². The number of rotatable bonds is 4. The molecule has 5 nitrogen and oxygen atoms in total. The van der Waals surface area contributed by atoms with Crippen molar-refractivity contribution >= 4 is 32.0 Å². The highest BCUT2D eigenvalue weighted by Crippen LogP contribution is 2.38. The molecule has 0 saturated carbocycles. The third-order valence-corrected chi connectivity index (χ3v) is 3.63. The van der Waals surface area contributed by atoms with Crippen molar-refractivity contribution in [3.63, 3.8) is 0 Å². The van der Waals surface area contributed by atoms with Gasteiger partial charge in [-0.25, -0.2) is 4.79 Å². The van der Waals surface area contributed by atoms with Gasteiger partial charge in [-0.1, -0.05) is 22.0 Å². The SMILES string of the molecule is O=C(OC(C(F)(F)F)C(F)(F)S(=O)(=O)O)c1cccc(Br)c1. The summed E-state index contributed by atoms with van der Waals surface area (Å²) in [5.74, 6) is -1.84. The van der Waals surface area contributed by atoms with Gasteiger partial charge in [0.05, 0.1) is 5.56 Å². The summed E-state index contributed by atoms with van der Waals surface area (Å²) in [4.78, 5) is 11.5. The van der Waals surface area contributed by atoms with Crippen LogP contribution in [0.5, 0.6) is 0 Å². The Kier molecular flexibility index (Phi) is 5.19. The van der Waals surface area contributed by atoms with Gasteiger partial charge < -0.3 is 4.74 Å². The largest absolute Gasteiger partial charge is 0.441 e. The Morgan fingerprint density at radius 1 is 1.23 bits per heavy atom. The van der Waals surface area contributed by atoms with Crippen molar-refractivity contribution in [3.05, 3.63) is 34.3 Å². The van der Waals surface area contributed by atoms with Crippen LogP contribution in [0.2, 0.25) is 0 Å². The van der Waals surface area contributed by atoms with E-state index in [1.165, 1.54) is 12.1 Å². The van der Waals surface area contributed by atoms with E-state index in [0.717, 1.165) is 12.1 Å². The van der Waals surface area contributed by atoms with E-state index in [-0.39, 0.29) is 4.47 Å². The molecule has 0 fully saturated rings. The summed E-state index contributed by atoms with van der Waals surface area (Å²) in [5, 5.41) is -5.76. The molecule has 0 radical (unpaired) electrons. The first-order valence-electron chi connectivity index (χ1n) is 5.15. The van der Waals surface area contributed by atoms with Gasteiger partial charge in [0.15, 0.2) is 0 Å². The summed E-state index contributed by atoms with van der Waals surface area (Å²) in [6.07, 6.45) is -10.3. The molecule has 1 atom stereocenters. The van der Waals surface area contributed by atoms with Crippen LogP contribution >= 0.6 is 15.9 Å². The van der Waals surface area contributed by atoms with Crippen LogP contribution < -0.4 is 0 Å². The lowest BCUT2D eigenvalue weighted by molar-refractivity contribution is -0.248. The molecule has 0 bridgehead atoms. The number of carbonyl (C=O) groups is 1. The van der Waals surface area contributed by atoms with Gasteiger partial charge in [-0.2, -0.15) is 30.4 Å². The Bertz CT molecular complexity index is 673. The van der Waals surface area contributed by atoms with E-state index >= 15 is 0 Å². The van der Waals surface area contributed by atoms with Crippen LogP contribution in [0.15, 0.2) is 28.7 Å². The normalized spacial score (nSPS) is 14.5. The molecule has 0 amide bonds. The third kappa shape index (κ3) is 4.14. The Balaban J connectivity index is 3.19. The summed E-state index contributed by atoms with van der Waals surface area (Å²) in [5.41, 5.74) is -0.533. The Morgan fingerprint density at radius 3 is 2.18 bits per heavy atom. The average molecular weight is 413 g/mol. The molecule has 0 aliphatic carbocycles. The lowest BCUT2D eigenvalue weighted by Gasteiger charge is -2.26. The van der Waals surface area contributed by atoms with Gasteiger partial charge in [-0.15, -0.1) is 0 Å². The molecule has 0 aromatic heterocycles. The maximum absolute atomic E-state index is 13.2. The predicted molar refractivity (Wildman–Crippen MR) is 65.9 cm³/mol. The summed E-state index contributed by atoms with van der Waals surface area (Å²) in [7, 11) is -6.46. The number of halogens is 6. The van der Waals surface area contributed by atoms with E-state index < -0.39 is 39.2 Å². The summed E-state index contributed by atoms with van der Waals surface area (Å²) in [6.45, 7) is 0. The van der Waals surface area contributed by atoms with Crippen molar-refractivity contribution in [2.24, 2.45) is 0 Å². The topological polar surface area (TPSA) is 80.7 Å². The zero-order chi connectivity index (χ0) is 17.3. The first-order chi connectivity index (χ1) is 9.76. The maximum Gasteiger partial charge on any atom is 0.432 e. The average Bonchev–Trinajstić information content (AvgIpc) is 2.32. The van der Waals surface area contributed by atoms with Crippen LogP contribution in [0.1, 0.15) is 10.4 Å². The Labute approximate surface area is 128 Å². The molecule has 124 valence electrons. The molecule has 1 aromatic rings. The van der Waals surface area contributed by atoms with Gasteiger partial charge in [-0.05, 0) is 18.2 Å². The Morgan fingerprint density at radius 2 is 1.77 bits per heavy atom. The van der Waals surface area contributed by atoms with Crippen molar-refractivity contribution in [2.75, 3.05) is 0 Å². The van der Waals surface area contributed by atoms with Gasteiger partial charge >= 0.3 is 27.5 Å². The highest BCUT2D eigenvalue weighted by molar-refractivity contribution is 9.10. The number of hydrogen-bond acceptors (Lipinski definition) is 4. The molecular weight excluding hydrogens is 407 g/mol. The fraction of sp³-hybridized carbons (Fsp3) is 0.300. The molecule has 0 spiro atoms. The summed E-state index contributed by atoms with van der Waals surface area (Å²) < 4.78 is 97.0. The third-order valence-electron chi connectivity index (χ3n) is 2.23. The second kappa shape index (κ2) is 6.08. The number of carbonyl (C=O) groups excluding carboxylic acids is 1. The highest BCUT2D eigenvalue weighted by atomic mass is 79.9. The van der Waals surface area contributed by atoms with Crippen LogP contribution in [0.3, 0.4) is 0 Å². The minimum atomic E-state index is -6.46. The van der Waals surface area contributed by atoms with Gasteiger partial charge in [0.1, 0.15) is 0 Å². The molecule has 1 aromatic carbocycles. The minimum absolute atomic E-state index is 0.243. The van der Waals surface area contributed by atoms with E-state index in [1.54, 1.807) is 0 Å². The van der Waals surface area contributed by atoms with Crippen molar-refractivity contribution in [1.29, 1.82) is 0 Å². The maximum atomic E-state index is 13.2. The van der Waals surface area contributed by atoms with Crippen molar-refractivity contribution < 1.29 is 44.5 Å². The van der Waals surface area contributed by atoms with Crippen LogP contribution in [0.4, 0.5) is 22.0 Å². The van der Waals surface area contributed by atoms with Crippen LogP contribution in [-0.4, -0.2) is 36.5 Å². The van der Waals surface area contributed by atoms with Crippen molar-refractivity contribution in [3.8, 4) is 0 Å². The van der Waals surface area contributed by atoms with E-state index in [9.17, 15) is 35.2 Å². The van der Waals surface area contributed by atoms with Crippen LogP contribution in [-0.2, 0) is 14.9 Å². The molecule has 12 heteroatoms. The number of alkyl halides is 5. The fourth-order valence-electron chi connectivity index (χ4n) is 1.25. The number of hydrogen-bond donors (Lipinski definition) is 1. The van der Waals surface area contributed by atoms with Gasteiger partial charge in [0, 0.05) is 4.47 Å². The van der Waals surface area contributed by atoms with Crippen molar-refractivity contribution in [1.82, 2.24) is 0 Å². The second-order valence-corrected chi connectivity index (χ2v) is 6.28. The summed E-state index contributed by atoms with van der Waals surface area (Å²) in [6, 6.07) is 4.54. The minimum Gasteiger partial charge on any atom is -0.441 e. The monoisotopic (exact) mass is 412 g/mol. The second-order valence-electron chi connectivity index (χ2n) is 3.87. The summed E-state index contributed by atoms with van der Waals surface area (Å²) >= 11 is 2.89. The van der Waals surface area contributed by atoms with E-state index in [0.29, 0.717) is 0 Å². The van der Waals surface area contributed by atoms with Crippen molar-refractivity contribution in [2.45, 2.75) is 17.5 Å². The lowest BCUT2D eigenvalue weighted by Crippen LogP contribution is -2.52.